The molecule has 100 valence electrons. The van der Waals surface area contributed by atoms with Gasteiger partial charge in [0.15, 0.2) is 0 Å². The van der Waals surface area contributed by atoms with Crippen molar-refractivity contribution in [2.75, 3.05) is 19.6 Å². The molecule has 3 unspecified atom stereocenters. The predicted octanol–water partition coefficient (Wildman–Crippen LogP) is 2.74. The highest BCUT2D eigenvalue weighted by atomic mass is 15.3. The third kappa shape index (κ3) is 3.03. The van der Waals surface area contributed by atoms with Crippen LogP contribution in [0.5, 0.6) is 0 Å². The molecule has 2 fully saturated rings. The minimum Gasteiger partial charge on any atom is -0.308 e. The van der Waals surface area contributed by atoms with Crippen molar-refractivity contribution in [1.29, 1.82) is 0 Å². The highest BCUT2D eigenvalue weighted by molar-refractivity contribution is 5.03. The fourth-order valence-electron chi connectivity index (χ4n) is 2.96. The van der Waals surface area contributed by atoms with E-state index in [0.717, 1.165) is 24.3 Å². The number of hydrogen-bond acceptors (Lipinski definition) is 2. The highest BCUT2D eigenvalue weighted by Crippen LogP contribution is 2.41. The Morgan fingerprint density at radius 3 is 2.47 bits per heavy atom. The van der Waals surface area contributed by atoms with Crippen molar-refractivity contribution in [2.45, 2.75) is 59.0 Å². The van der Waals surface area contributed by atoms with E-state index in [1.54, 1.807) is 0 Å². The van der Waals surface area contributed by atoms with Gasteiger partial charge in [0.1, 0.15) is 0 Å². The molecule has 0 aromatic heterocycles. The quantitative estimate of drug-likeness (QED) is 0.810. The summed E-state index contributed by atoms with van der Waals surface area (Å²) in [6.07, 6.45) is 2.87. The zero-order valence-corrected chi connectivity index (χ0v) is 12.3. The van der Waals surface area contributed by atoms with Crippen LogP contribution in [-0.4, -0.2) is 36.1 Å². The number of piperazine rings is 1. The molecule has 2 rings (SSSR count). The SMILES string of the molecule is CC(C)C(C)CN1CC(C)(C2CC2)NCC1C. The van der Waals surface area contributed by atoms with Gasteiger partial charge in [0.05, 0.1) is 0 Å². The lowest BCUT2D eigenvalue weighted by Gasteiger charge is -2.46. The summed E-state index contributed by atoms with van der Waals surface area (Å²) < 4.78 is 0. The monoisotopic (exact) mass is 238 g/mol. The molecule has 3 atom stereocenters. The molecule has 1 aliphatic carbocycles. The summed E-state index contributed by atoms with van der Waals surface area (Å²) in [7, 11) is 0. The van der Waals surface area contributed by atoms with E-state index in [1.807, 2.05) is 0 Å². The van der Waals surface area contributed by atoms with E-state index in [2.05, 4.69) is 44.8 Å². The first-order valence-electron chi connectivity index (χ1n) is 7.41. The third-order valence-corrected chi connectivity index (χ3v) is 5.10. The molecule has 1 saturated carbocycles. The van der Waals surface area contributed by atoms with Crippen molar-refractivity contribution < 1.29 is 0 Å². The summed E-state index contributed by atoms with van der Waals surface area (Å²) in [5, 5.41) is 3.80. The van der Waals surface area contributed by atoms with Crippen LogP contribution in [0.3, 0.4) is 0 Å². The van der Waals surface area contributed by atoms with Crippen LogP contribution in [-0.2, 0) is 0 Å². The molecule has 1 heterocycles. The number of nitrogens with one attached hydrogen (secondary N) is 1. The second-order valence-corrected chi connectivity index (χ2v) is 7.07. The average molecular weight is 238 g/mol. The van der Waals surface area contributed by atoms with E-state index in [1.165, 1.54) is 25.9 Å². The summed E-state index contributed by atoms with van der Waals surface area (Å²) in [4.78, 5) is 2.72. The first-order chi connectivity index (χ1) is 7.92. The Hall–Kier alpha value is -0.0800. The molecule has 0 amide bonds. The Balaban J connectivity index is 1.94. The lowest BCUT2D eigenvalue weighted by atomic mass is 9.89. The van der Waals surface area contributed by atoms with Crippen molar-refractivity contribution in [3.05, 3.63) is 0 Å². The molecular formula is C15H30N2. The van der Waals surface area contributed by atoms with E-state index in [-0.39, 0.29) is 0 Å². The molecule has 0 radical (unpaired) electrons. The van der Waals surface area contributed by atoms with Crippen molar-refractivity contribution in [2.24, 2.45) is 17.8 Å². The highest BCUT2D eigenvalue weighted by Gasteiger charge is 2.45. The van der Waals surface area contributed by atoms with Crippen LogP contribution in [0.25, 0.3) is 0 Å². The summed E-state index contributed by atoms with van der Waals surface area (Å²) in [6, 6.07) is 0.697. The molecule has 0 bridgehead atoms. The van der Waals surface area contributed by atoms with E-state index < -0.39 is 0 Å². The molecule has 1 N–H and O–H groups in total. The molecule has 0 spiro atoms. The topological polar surface area (TPSA) is 15.3 Å². The maximum absolute atomic E-state index is 3.80. The molecule has 1 saturated heterocycles. The van der Waals surface area contributed by atoms with Crippen LogP contribution >= 0.6 is 0 Å². The average Bonchev–Trinajstić information content (AvgIpc) is 3.07. The van der Waals surface area contributed by atoms with Gasteiger partial charge in [-0.2, -0.15) is 0 Å². The van der Waals surface area contributed by atoms with Gasteiger partial charge in [-0.3, -0.25) is 4.90 Å². The standard InChI is InChI=1S/C15H30N2/c1-11(2)12(3)9-17-10-15(5,14-6-7-14)16-8-13(17)4/h11-14,16H,6-10H2,1-5H3. The minimum absolute atomic E-state index is 0.392. The lowest BCUT2D eigenvalue weighted by Crippen LogP contribution is -2.63. The van der Waals surface area contributed by atoms with Gasteiger partial charge in [-0.15, -0.1) is 0 Å². The van der Waals surface area contributed by atoms with Crippen LogP contribution in [0.2, 0.25) is 0 Å². The van der Waals surface area contributed by atoms with Crippen molar-refractivity contribution >= 4 is 0 Å². The predicted molar refractivity (Wildman–Crippen MR) is 74.2 cm³/mol. The van der Waals surface area contributed by atoms with Crippen LogP contribution in [0.15, 0.2) is 0 Å². The smallest absolute Gasteiger partial charge is 0.0309 e. The Bertz CT molecular complexity index is 260. The first kappa shape index (κ1) is 13.4. The first-order valence-corrected chi connectivity index (χ1v) is 7.41. The molecule has 17 heavy (non-hydrogen) atoms. The van der Waals surface area contributed by atoms with Gasteiger partial charge in [0, 0.05) is 31.2 Å². The normalized spacial score (nSPS) is 37.4. The van der Waals surface area contributed by atoms with E-state index >= 15 is 0 Å². The largest absolute Gasteiger partial charge is 0.308 e. The lowest BCUT2D eigenvalue weighted by molar-refractivity contribution is 0.0649. The van der Waals surface area contributed by atoms with Gasteiger partial charge >= 0.3 is 0 Å². The van der Waals surface area contributed by atoms with Crippen LogP contribution in [0.4, 0.5) is 0 Å². The van der Waals surface area contributed by atoms with Gasteiger partial charge in [0.25, 0.3) is 0 Å². The van der Waals surface area contributed by atoms with Crippen molar-refractivity contribution in [1.82, 2.24) is 10.2 Å². The van der Waals surface area contributed by atoms with Gasteiger partial charge in [0.2, 0.25) is 0 Å². The number of rotatable bonds is 4. The van der Waals surface area contributed by atoms with Crippen molar-refractivity contribution in [3.63, 3.8) is 0 Å². The maximum Gasteiger partial charge on any atom is 0.0309 e. The number of hydrogen-bond donors (Lipinski definition) is 1. The Morgan fingerprint density at radius 2 is 1.94 bits per heavy atom. The fraction of sp³-hybridized carbons (Fsp3) is 1.00. The summed E-state index contributed by atoms with van der Waals surface area (Å²) in [5.74, 6) is 2.54. The minimum atomic E-state index is 0.392. The third-order valence-electron chi connectivity index (χ3n) is 5.10. The van der Waals surface area contributed by atoms with Gasteiger partial charge < -0.3 is 5.32 Å². The van der Waals surface area contributed by atoms with E-state index in [0.29, 0.717) is 11.6 Å². The molecule has 0 aromatic carbocycles. The molecule has 1 aliphatic heterocycles. The van der Waals surface area contributed by atoms with E-state index in [9.17, 15) is 0 Å². The zero-order chi connectivity index (χ0) is 12.6. The summed E-state index contributed by atoms with van der Waals surface area (Å²) >= 11 is 0. The van der Waals surface area contributed by atoms with Crippen LogP contribution in [0, 0.1) is 17.8 Å². The summed E-state index contributed by atoms with van der Waals surface area (Å²) in [5.41, 5.74) is 0.392. The van der Waals surface area contributed by atoms with E-state index in [4.69, 9.17) is 0 Å². The van der Waals surface area contributed by atoms with Crippen molar-refractivity contribution in [3.8, 4) is 0 Å². The van der Waals surface area contributed by atoms with Gasteiger partial charge in [-0.25, -0.2) is 0 Å². The second-order valence-electron chi connectivity index (χ2n) is 7.07. The Kier molecular flexibility index (Phi) is 3.84. The van der Waals surface area contributed by atoms with Gasteiger partial charge in [-0.05, 0) is 44.4 Å². The summed E-state index contributed by atoms with van der Waals surface area (Å²) in [6.45, 7) is 15.6. The molecule has 0 aromatic rings. The Morgan fingerprint density at radius 1 is 1.29 bits per heavy atom. The Labute approximate surface area is 107 Å². The molecule has 2 heteroatoms. The van der Waals surface area contributed by atoms with Gasteiger partial charge in [-0.1, -0.05) is 20.8 Å². The maximum atomic E-state index is 3.80. The fourth-order valence-corrected chi connectivity index (χ4v) is 2.96. The molecule has 2 nitrogen and oxygen atoms in total. The van der Waals surface area contributed by atoms with Crippen LogP contribution < -0.4 is 5.32 Å². The zero-order valence-electron chi connectivity index (χ0n) is 12.3. The second kappa shape index (κ2) is 4.89. The molecular weight excluding hydrogens is 208 g/mol. The van der Waals surface area contributed by atoms with Crippen LogP contribution in [0.1, 0.15) is 47.5 Å². The number of nitrogens with zero attached hydrogens (tertiary/aromatic N) is 1. The molecule has 2 aliphatic rings.